The summed E-state index contributed by atoms with van der Waals surface area (Å²) in [6, 6.07) is 7.90. The average Bonchev–Trinajstić information content (AvgIpc) is 2.04. The van der Waals surface area contributed by atoms with E-state index in [4.69, 9.17) is 11.6 Å². The fraction of sp³-hybridized carbons (Fsp3) is 0.100. The van der Waals surface area contributed by atoms with Crippen molar-refractivity contribution in [3.8, 4) is 0 Å². The van der Waals surface area contributed by atoms with E-state index in [2.05, 4.69) is 11.6 Å². The first-order chi connectivity index (χ1) is 5.77. The summed E-state index contributed by atoms with van der Waals surface area (Å²) < 4.78 is 0. The number of benzene rings is 1. The van der Waals surface area contributed by atoms with Gasteiger partial charge in [-0.1, -0.05) is 36.4 Å². The van der Waals surface area contributed by atoms with E-state index in [0.717, 1.165) is 16.8 Å². The lowest BCUT2D eigenvalue weighted by atomic mass is 10.0. The topological polar surface area (TPSA) is 12.4 Å². The molecule has 1 aromatic rings. The van der Waals surface area contributed by atoms with Gasteiger partial charge in [-0.25, -0.2) is 4.99 Å². The van der Waals surface area contributed by atoms with Crippen LogP contribution in [0, 0.1) is 0 Å². The standard InChI is InChI=1S/C10H8ClN/c1-7-6-10(11)12-9-5-3-2-4-8(7)9/h2-5H,1,6H2. The van der Waals surface area contributed by atoms with Crippen LogP contribution >= 0.6 is 11.6 Å². The first-order valence-corrected chi connectivity index (χ1v) is 4.15. The third kappa shape index (κ3) is 1.16. The van der Waals surface area contributed by atoms with E-state index in [0.29, 0.717) is 11.6 Å². The average molecular weight is 178 g/mol. The predicted octanol–water partition coefficient (Wildman–Crippen LogP) is 3.37. The SMILES string of the molecule is C=C1CC(Cl)=Nc2ccccc21. The quantitative estimate of drug-likeness (QED) is 0.576. The van der Waals surface area contributed by atoms with Crippen molar-refractivity contribution < 1.29 is 0 Å². The summed E-state index contributed by atoms with van der Waals surface area (Å²) in [5, 5.41) is 0.624. The lowest BCUT2D eigenvalue weighted by Crippen LogP contribution is -1.97. The summed E-state index contributed by atoms with van der Waals surface area (Å²) in [6.07, 6.45) is 0.679. The van der Waals surface area contributed by atoms with Crippen LogP contribution in [0.25, 0.3) is 5.57 Å². The normalized spacial score (nSPS) is 15.4. The Kier molecular flexibility index (Phi) is 1.74. The number of aliphatic imine (C=N–C) groups is 1. The Hall–Kier alpha value is -1.08. The minimum Gasteiger partial charge on any atom is -0.240 e. The van der Waals surface area contributed by atoms with Gasteiger partial charge in [0, 0.05) is 12.0 Å². The van der Waals surface area contributed by atoms with E-state index >= 15 is 0 Å². The highest BCUT2D eigenvalue weighted by Gasteiger charge is 2.12. The Labute approximate surface area is 76.4 Å². The number of nitrogens with zero attached hydrogens (tertiary/aromatic N) is 1. The van der Waals surface area contributed by atoms with Crippen molar-refractivity contribution in [3.05, 3.63) is 36.4 Å². The van der Waals surface area contributed by atoms with Gasteiger partial charge in [0.15, 0.2) is 0 Å². The summed E-state index contributed by atoms with van der Waals surface area (Å²) in [7, 11) is 0. The number of hydrogen-bond donors (Lipinski definition) is 0. The molecular weight excluding hydrogens is 170 g/mol. The van der Waals surface area contributed by atoms with Crippen molar-refractivity contribution in [1.82, 2.24) is 0 Å². The third-order valence-corrected chi connectivity index (χ3v) is 2.10. The van der Waals surface area contributed by atoms with Crippen molar-refractivity contribution in [3.63, 3.8) is 0 Å². The highest BCUT2D eigenvalue weighted by Crippen LogP contribution is 2.32. The molecule has 60 valence electrons. The molecule has 0 amide bonds. The van der Waals surface area contributed by atoms with E-state index in [-0.39, 0.29) is 0 Å². The van der Waals surface area contributed by atoms with Gasteiger partial charge in [-0.2, -0.15) is 0 Å². The van der Waals surface area contributed by atoms with Crippen LogP contribution in [-0.4, -0.2) is 5.17 Å². The summed E-state index contributed by atoms with van der Waals surface area (Å²) in [5.74, 6) is 0. The monoisotopic (exact) mass is 177 g/mol. The fourth-order valence-corrected chi connectivity index (χ4v) is 1.56. The Morgan fingerprint density at radius 1 is 1.33 bits per heavy atom. The summed E-state index contributed by atoms with van der Waals surface area (Å²) in [4.78, 5) is 4.22. The molecule has 1 aromatic carbocycles. The number of hydrogen-bond acceptors (Lipinski definition) is 1. The van der Waals surface area contributed by atoms with Crippen LogP contribution in [-0.2, 0) is 0 Å². The minimum absolute atomic E-state index is 0.624. The number of rotatable bonds is 0. The van der Waals surface area contributed by atoms with Gasteiger partial charge >= 0.3 is 0 Å². The smallest absolute Gasteiger partial charge is 0.111 e. The van der Waals surface area contributed by atoms with Crippen LogP contribution in [0.5, 0.6) is 0 Å². The van der Waals surface area contributed by atoms with Crippen LogP contribution in [0.4, 0.5) is 5.69 Å². The zero-order chi connectivity index (χ0) is 8.55. The molecule has 0 aliphatic carbocycles. The fourth-order valence-electron chi connectivity index (χ4n) is 1.31. The van der Waals surface area contributed by atoms with Crippen molar-refractivity contribution >= 4 is 28.0 Å². The van der Waals surface area contributed by atoms with E-state index < -0.39 is 0 Å². The van der Waals surface area contributed by atoms with Crippen molar-refractivity contribution in [2.75, 3.05) is 0 Å². The van der Waals surface area contributed by atoms with Gasteiger partial charge in [0.2, 0.25) is 0 Å². The lowest BCUT2D eigenvalue weighted by molar-refractivity contribution is 1.36. The maximum absolute atomic E-state index is 5.83. The zero-order valence-electron chi connectivity index (χ0n) is 6.55. The molecule has 0 saturated heterocycles. The molecule has 1 nitrogen and oxygen atoms in total. The second-order valence-corrected chi connectivity index (χ2v) is 3.22. The van der Waals surface area contributed by atoms with Crippen LogP contribution in [0.3, 0.4) is 0 Å². The molecule has 0 spiro atoms. The highest BCUT2D eigenvalue weighted by atomic mass is 35.5. The van der Waals surface area contributed by atoms with E-state index in [1.807, 2.05) is 24.3 Å². The molecule has 0 N–H and O–H groups in total. The Bertz CT molecular complexity index is 366. The number of allylic oxidation sites excluding steroid dienone is 1. The maximum atomic E-state index is 5.83. The van der Waals surface area contributed by atoms with Gasteiger partial charge < -0.3 is 0 Å². The molecule has 1 aliphatic rings. The van der Waals surface area contributed by atoms with Gasteiger partial charge in [-0.05, 0) is 11.6 Å². The molecule has 1 heterocycles. The molecule has 0 aromatic heterocycles. The van der Waals surface area contributed by atoms with Crippen LogP contribution in [0.1, 0.15) is 12.0 Å². The summed E-state index contributed by atoms with van der Waals surface area (Å²) in [6.45, 7) is 3.94. The first kappa shape index (κ1) is 7.56. The van der Waals surface area contributed by atoms with Crippen molar-refractivity contribution in [1.29, 1.82) is 0 Å². The van der Waals surface area contributed by atoms with Crippen LogP contribution in [0.15, 0.2) is 35.8 Å². The van der Waals surface area contributed by atoms with Gasteiger partial charge in [-0.15, -0.1) is 0 Å². The largest absolute Gasteiger partial charge is 0.240 e. The Balaban J connectivity index is 2.62. The first-order valence-electron chi connectivity index (χ1n) is 3.77. The molecule has 0 unspecified atom stereocenters. The molecule has 0 atom stereocenters. The molecular formula is C10H8ClN. The molecule has 0 radical (unpaired) electrons. The van der Waals surface area contributed by atoms with E-state index in [1.54, 1.807) is 0 Å². The second-order valence-electron chi connectivity index (χ2n) is 2.79. The zero-order valence-corrected chi connectivity index (χ0v) is 7.30. The molecule has 12 heavy (non-hydrogen) atoms. The molecule has 0 fully saturated rings. The molecule has 0 bridgehead atoms. The van der Waals surface area contributed by atoms with Gasteiger partial charge in [0.05, 0.1) is 5.69 Å². The Morgan fingerprint density at radius 2 is 2.08 bits per heavy atom. The van der Waals surface area contributed by atoms with Gasteiger partial charge in [0.1, 0.15) is 5.17 Å². The third-order valence-electron chi connectivity index (χ3n) is 1.89. The van der Waals surface area contributed by atoms with Gasteiger partial charge in [-0.3, -0.25) is 0 Å². The predicted molar refractivity (Wildman–Crippen MR) is 53.0 cm³/mol. The molecule has 1 aliphatic heterocycles. The van der Waals surface area contributed by atoms with E-state index in [9.17, 15) is 0 Å². The minimum atomic E-state index is 0.624. The van der Waals surface area contributed by atoms with E-state index in [1.165, 1.54) is 0 Å². The summed E-state index contributed by atoms with van der Waals surface area (Å²) >= 11 is 5.83. The molecule has 2 rings (SSSR count). The van der Waals surface area contributed by atoms with Crippen LogP contribution < -0.4 is 0 Å². The lowest BCUT2D eigenvalue weighted by Gasteiger charge is -2.13. The molecule has 0 saturated carbocycles. The van der Waals surface area contributed by atoms with Crippen LogP contribution in [0.2, 0.25) is 0 Å². The number of halogens is 1. The maximum Gasteiger partial charge on any atom is 0.111 e. The summed E-state index contributed by atoms with van der Waals surface area (Å²) in [5.41, 5.74) is 3.09. The number of para-hydroxylation sites is 1. The highest BCUT2D eigenvalue weighted by molar-refractivity contribution is 6.66. The van der Waals surface area contributed by atoms with Gasteiger partial charge in [0.25, 0.3) is 0 Å². The second kappa shape index (κ2) is 2.76. The Morgan fingerprint density at radius 3 is 2.92 bits per heavy atom. The molecule has 2 heteroatoms. The van der Waals surface area contributed by atoms with Crippen molar-refractivity contribution in [2.24, 2.45) is 4.99 Å². The number of fused-ring (bicyclic) bond motifs is 1. The van der Waals surface area contributed by atoms with Crippen molar-refractivity contribution in [2.45, 2.75) is 6.42 Å².